The number of pyridine rings is 1. The normalized spacial score (nSPS) is 17.7. The van der Waals surface area contributed by atoms with Gasteiger partial charge in [0.15, 0.2) is 0 Å². The number of rotatable bonds is 2. The van der Waals surface area contributed by atoms with Gasteiger partial charge >= 0.3 is 0 Å². The van der Waals surface area contributed by atoms with Crippen LogP contribution in [0.25, 0.3) is 0 Å². The van der Waals surface area contributed by atoms with Gasteiger partial charge in [-0.05, 0) is 17.7 Å². The number of nitrogens with zero attached hydrogens (tertiary/aromatic N) is 1. The van der Waals surface area contributed by atoms with Crippen LogP contribution in [0.2, 0.25) is 0 Å². The van der Waals surface area contributed by atoms with E-state index in [9.17, 15) is 9.59 Å². The zero-order valence-electron chi connectivity index (χ0n) is 10.7. The summed E-state index contributed by atoms with van der Waals surface area (Å²) in [6.45, 7) is 0. The Labute approximate surface area is 116 Å². The first kappa shape index (κ1) is 12.3. The highest BCUT2D eigenvalue weighted by Gasteiger charge is 2.28. The maximum atomic E-state index is 12.2. The van der Waals surface area contributed by atoms with Crippen molar-refractivity contribution in [2.24, 2.45) is 0 Å². The Balaban J connectivity index is 1.86. The smallest absolute Gasteiger partial charge is 0.255 e. The predicted molar refractivity (Wildman–Crippen MR) is 74.3 cm³/mol. The van der Waals surface area contributed by atoms with Gasteiger partial charge in [0.25, 0.3) is 5.91 Å². The van der Waals surface area contributed by atoms with Crippen molar-refractivity contribution < 1.29 is 9.59 Å². The molecule has 2 aromatic rings. The molecule has 0 radical (unpaired) electrons. The van der Waals surface area contributed by atoms with Crippen molar-refractivity contribution in [1.82, 2.24) is 10.3 Å². The Bertz CT molecular complexity index is 655. The van der Waals surface area contributed by atoms with Gasteiger partial charge < -0.3 is 10.6 Å². The van der Waals surface area contributed by atoms with Gasteiger partial charge in [-0.1, -0.05) is 30.3 Å². The Morgan fingerprint density at radius 2 is 1.85 bits per heavy atom. The lowest BCUT2D eigenvalue weighted by molar-refractivity contribution is -0.117. The number of carbonyl (C=O) groups excluding carboxylic acids is 2. The van der Waals surface area contributed by atoms with Crippen LogP contribution < -0.4 is 10.6 Å². The van der Waals surface area contributed by atoms with E-state index in [-0.39, 0.29) is 11.8 Å². The van der Waals surface area contributed by atoms with Crippen molar-refractivity contribution in [1.29, 1.82) is 0 Å². The van der Waals surface area contributed by atoms with E-state index < -0.39 is 6.04 Å². The first-order valence-electron chi connectivity index (χ1n) is 6.35. The molecular formula is C15H13N3O2. The maximum Gasteiger partial charge on any atom is 0.255 e. The van der Waals surface area contributed by atoms with Crippen LogP contribution in [0.4, 0.5) is 5.82 Å². The van der Waals surface area contributed by atoms with Crippen LogP contribution in [0.5, 0.6) is 0 Å². The highest BCUT2D eigenvalue weighted by atomic mass is 16.2. The second-order valence-corrected chi connectivity index (χ2v) is 4.60. The largest absolute Gasteiger partial charge is 0.340 e. The summed E-state index contributed by atoms with van der Waals surface area (Å²) in [6.07, 6.45) is 2.00. The standard InChI is InChI=1S/C15H13N3O2/c19-14-11-7-4-8-16-13(11)18-15(20)12(17-14)9-10-5-2-1-3-6-10/h1-8,12H,9H2,(H,17,19)(H,16,18,20). The number of aromatic nitrogens is 1. The molecule has 100 valence electrons. The first-order valence-corrected chi connectivity index (χ1v) is 6.35. The van der Waals surface area contributed by atoms with E-state index in [1.165, 1.54) is 0 Å². The van der Waals surface area contributed by atoms with E-state index in [1.807, 2.05) is 30.3 Å². The number of fused-ring (bicyclic) bond motifs is 1. The number of anilines is 1. The molecule has 1 aromatic heterocycles. The summed E-state index contributed by atoms with van der Waals surface area (Å²) in [7, 11) is 0. The Kier molecular flexibility index (Phi) is 3.16. The minimum atomic E-state index is -0.598. The molecule has 0 saturated heterocycles. The van der Waals surface area contributed by atoms with Crippen molar-refractivity contribution in [3.8, 4) is 0 Å². The quantitative estimate of drug-likeness (QED) is 0.863. The molecule has 0 bridgehead atoms. The van der Waals surface area contributed by atoms with Gasteiger partial charge in [0.05, 0.1) is 5.56 Å². The number of amides is 2. The summed E-state index contributed by atoms with van der Waals surface area (Å²) < 4.78 is 0. The molecule has 5 nitrogen and oxygen atoms in total. The van der Waals surface area contributed by atoms with E-state index in [2.05, 4.69) is 15.6 Å². The maximum absolute atomic E-state index is 12.2. The lowest BCUT2D eigenvalue weighted by Crippen LogP contribution is -2.42. The summed E-state index contributed by atoms with van der Waals surface area (Å²) in [5.41, 5.74) is 1.38. The monoisotopic (exact) mass is 267 g/mol. The SMILES string of the molecule is O=C1NC(Cc2ccccc2)C(=O)Nc2ncccc21. The predicted octanol–water partition coefficient (Wildman–Crippen LogP) is 1.37. The van der Waals surface area contributed by atoms with Crippen LogP contribution in [0.1, 0.15) is 15.9 Å². The van der Waals surface area contributed by atoms with Crippen LogP contribution in [0.3, 0.4) is 0 Å². The minimum absolute atomic E-state index is 0.250. The lowest BCUT2D eigenvalue weighted by atomic mass is 10.1. The van der Waals surface area contributed by atoms with Gasteiger partial charge in [-0.3, -0.25) is 9.59 Å². The van der Waals surface area contributed by atoms with Crippen LogP contribution in [-0.2, 0) is 11.2 Å². The molecule has 20 heavy (non-hydrogen) atoms. The van der Waals surface area contributed by atoms with Gasteiger partial charge in [-0.15, -0.1) is 0 Å². The molecule has 3 rings (SSSR count). The van der Waals surface area contributed by atoms with Gasteiger partial charge in [0.2, 0.25) is 5.91 Å². The average Bonchev–Trinajstić information content (AvgIpc) is 2.58. The van der Waals surface area contributed by atoms with Crippen LogP contribution in [0.15, 0.2) is 48.7 Å². The molecular weight excluding hydrogens is 254 g/mol. The molecule has 5 heteroatoms. The summed E-state index contributed by atoms with van der Waals surface area (Å²) in [4.78, 5) is 28.3. The molecule has 0 saturated carbocycles. The fourth-order valence-corrected chi connectivity index (χ4v) is 2.19. The molecule has 1 unspecified atom stereocenters. The Morgan fingerprint density at radius 3 is 2.65 bits per heavy atom. The summed E-state index contributed by atoms with van der Waals surface area (Å²) in [5, 5.41) is 5.43. The molecule has 2 amide bonds. The third-order valence-corrected chi connectivity index (χ3v) is 3.20. The highest BCUT2D eigenvalue weighted by molar-refractivity contribution is 6.08. The van der Waals surface area contributed by atoms with E-state index in [0.717, 1.165) is 5.56 Å². The molecule has 1 aliphatic rings. The van der Waals surface area contributed by atoms with Gasteiger partial charge in [-0.2, -0.15) is 0 Å². The van der Waals surface area contributed by atoms with Crippen LogP contribution in [0, 0.1) is 0 Å². The third-order valence-electron chi connectivity index (χ3n) is 3.20. The molecule has 2 heterocycles. The topological polar surface area (TPSA) is 71.1 Å². The number of nitrogens with one attached hydrogen (secondary N) is 2. The molecule has 1 atom stereocenters. The molecule has 0 aliphatic carbocycles. The lowest BCUT2D eigenvalue weighted by Gasteiger charge is -2.14. The van der Waals surface area contributed by atoms with E-state index in [1.54, 1.807) is 18.3 Å². The molecule has 0 fully saturated rings. The second-order valence-electron chi connectivity index (χ2n) is 4.60. The van der Waals surface area contributed by atoms with Crippen molar-refractivity contribution in [3.63, 3.8) is 0 Å². The Hall–Kier alpha value is -2.69. The molecule has 1 aromatic carbocycles. The molecule has 0 spiro atoms. The van der Waals surface area contributed by atoms with E-state index >= 15 is 0 Å². The fraction of sp³-hybridized carbons (Fsp3) is 0.133. The zero-order valence-corrected chi connectivity index (χ0v) is 10.7. The molecule has 1 aliphatic heterocycles. The fourth-order valence-electron chi connectivity index (χ4n) is 2.19. The average molecular weight is 267 g/mol. The summed E-state index contributed by atoms with van der Waals surface area (Å²) in [6, 6.07) is 12.3. The van der Waals surface area contributed by atoms with Crippen LogP contribution in [-0.4, -0.2) is 22.8 Å². The Morgan fingerprint density at radius 1 is 1.05 bits per heavy atom. The van der Waals surface area contributed by atoms with Crippen LogP contribution >= 0.6 is 0 Å². The number of benzene rings is 1. The third kappa shape index (κ3) is 2.38. The minimum Gasteiger partial charge on any atom is -0.340 e. The van der Waals surface area contributed by atoms with Gasteiger partial charge in [-0.25, -0.2) is 4.98 Å². The van der Waals surface area contributed by atoms with Crippen molar-refractivity contribution in [2.75, 3.05) is 5.32 Å². The van der Waals surface area contributed by atoms with Gasteiger partial charge in [0.1, 0.15) is 11.9 Å². The van der Waals surface area contributed by atoms with Gasteiger partial charge in [0, 0.05) is 12.6 Å². The van der Waals surface area contributed by atoms with Crippen molar-refractivity contribution in [2.45, 2.75) is 12.5 Å². The number of hydrogen-bond donors (Lipinski definition) is 2. The first-order chi connectivity index (χ1) is 9.74. The second kappa shape index (κ2) is 5.13. The summed E-state index contributed by atoms with van der Waals surface area (Å²) in [5.74, 6) is -0.224. The molecule has 2 N–H and O–H groups in total. The van der Waals surface area contributed by atoms with E-state index in [4.69, 9.17) is 0 Å². The summed E-state index contributed by atoms with van der Waals surface area (Å²) >= 11 is 0. The highest BCUT2D eigenvalue weighted by Crippen LogP contribution is 2.16. The van der Waals surface area contributed by atoms with Crippen molar-refractivity contribution >= 4 is 17.6 Å². The number of carbonyl (C=O) groups is 2. The van der Waals surface area contributed by atoms with E-state index in [0.29, 0.717) is 17.8 Å². The van der Waals surface area contributed by atoms with Crippen molar-refractivity contribution in [3.05, 3.63) is 59.8 Å². The zero-order chi connectivity index (χ0) is 13.9. The number of hydrogen-bond acceptors (Lipinski definition) is 3.